The van der Waals surface area contributed by atoms with Gasteiger partial charge in [-0.05, 0) is 19.1 Å². The first-order valence-electron chi connectivity index (χ1n) is 11.8. The minimum absolute atomic E-state index is 0.170. The number of nitrogens with zero attached hydrogens (tertiary/aromatic N) is 7. The van der Waals surface area contributed by atoms with E-state index in [1.54, 1.807) is 23.0 Å². The van der Waals surface area contributed by atoms with Gasteiger partial charge in [-0.3, -0.25) is 10.0 Å². The lowest BCUT2D eigenvalue weighted by Gasteiger charge is -2.28. The monoisotopic (exact) mass is 522 g/mol. The molecule has 37 heavy (non-hydrogen) atoms. The number of hydrogen-bond donors (Lipinski definition) is 2. The van der Waals surface area contributed by atoms with Gasteiger partial charge < -0.3 is 19.3 Å². The van der Waals surface area contributed by atoms with Crippen molar-refractivity contribution in [3.63, 3.8) is 0 Å². The number of ether oxygens (including phenoxy) is 2. The van der Waals surface area contributed by atoms with Crippen molar-refractivity contribution in [2.24, 2.45) is 0 Å². The molecule has 12 nitrogen and oxygen atoms in total. The number of morpholine rings is 1. The highest BCUT2D eigenvalue weighted by molar-refractivity contribution is 7.19. The first-order chi connectivity index (χ1) is 18.1. The number of carbonyl (C=O) groups is 1. The average Bonchev–Trinajstić information content (AvgIpc) is 3.35. The summed E-state index contributed by atoms with van der Waals surface area (Å²) in [5.41, 5.74) is 3.41. The molecule has 4 aromatic heterocycles. The summed E-state index contributed by atoms with van der Waals surface area (Å²) in [4.78, 5) is 39.4. The van der Waals surface area contributed by atoms with Gasteiger partial charge in [-0.1, -0.05) is 0 Å². The van der Waals surface area contributed by atoms with Gasteiger partial charge in [0, 0.05) is 55.2 Å². The van der Waals surface area contributed by atoms with Crippen LogP contribution in [0.15, 0.2) is 36.8 Å². The molecule has 0 unspecified atom stereocenters. The Labute approximate surface area is 216 Å². The molecule has 1 amide bonds. The summed E-state index contributed by atoms with van der Waals surface area (Å²) in [5, 5.41) is 8.78. The minimum Gasteiger partial charge on any atom is -0.478 e. The standard InChI is InChI=1S/C24H26N8O4S/c1-3-36-19-5-4-15(11-25-19)21-28-18-10-17(37-20(18)22(29-21)32-6-8-35-9-7-32)14-31(2)24-26-12-16(13-27-24)23(33)30-34/h4-5,10-13,34H,3,6-9,14H2,1-2H3,(H,30,33). The summed E-state index contributed by atoms with van der Waals surface area (Å²) < 4.78 is 12.0. The minimum atomic E-state index is -0.661. The maximum absolute atomic E-state index is 11.5. The molecule has 0 atom stereocenters. The SMILES string of the molecule is CCOc1ccc(-c2nc(N3CCOCC3)c3sc(CN(C)c4ncc(C(=O)NO)cn4)cc3n2)cn1. The number of carbonyl (C=O) groups excluding carboxylic acids is 1. The quantitative estimate of drug-likeness (QED) is 0.261. The molecule has 0 aromatic carbocycles. The predicted molar refractivity (Wildman–Crippen MR) is 138 cm³/mol. The Kier molecular flexibility index (Phi) is 7.35. The van der Waals surface area contributed by atoms with Crippen LogP contribution in [0.3, 0.4) is 0 Å². The first-order valence-corrected chi connectivity index (χ1v) is 12.6. The second-order valence-electron chi connectivity index (χ2n) is 8.28. The van der Waals surface area contributed by atoms with Crippen LogP contribution in [0.2, 0.25) is 0 Å². The molecule has 4 aromatic rings. The van der Waals surface area contributed by atoms with Gasteiger partial charge in [0.2, 0.25) is 11.8 Å². The van der Waals surface area contributed by atoms with Gasteiger partial charge in [-0.2, -0.15) is 0 Å². The summed E-state index contributed by atoms with van der Waals surface area (Å²) in [5.74, 6) is 1.84. The van der Waals surface area contributed by atoms with Crippen LogP contribution in [-0.2, 0) is 11.3 Å². The molecular weight excluding hydrogens is 496 g/mol. The molecule has 0 saturated carbocycles. The van der Waals surface area contributed by atoms with E-state index in [0.29, 0.717) is 44.0 Å². The molecule has 5 rings (SSSR count). The summed E-state index contributed by atoms with van der Waals surface area (Å²) >= 11 is 1.63. The molecule has 0 radical (unpaired) electrons. The van der Waals surface area contributed by atoms with Gasteiger partial charge >= 0.3 is 0 Å². The van der Waals surface area contributed by atoms with Crippen molar-refractivity contribution in [2.45, 2.75) is 13.5 Å². The van der Waals surface area contributed by atoms with Crippen LogP contribution in [-0.4, -0.2) is 76.0 Å². The Morgan fingerprint density at radius 1 is 1.19 bits per heavy atom. The van der Waals surface area contributed by atoms with Gasteiger partial charge in [0.15, 0.2) is 11.6 Å². The van der Waals surface area contributed by atoms with Crippen molar-refractivity contribution in [1.82, 2.24) is 30.4 Å². The van der Waals surface area contributed by atoms with Crippen molar-refractivity contribution < 1.29 is 19.5 Å². The number of hydroxylamine groups is 1. The van der Waals surface area contributed by atoms with Gasteiger partial charge in [-0.25, -0.2) is 30.4 Å². The highest BCUT2D eigenvalue weighted by atomic mass is 32.1. The lowest BCUT2D eigenvalue weighted by Crippen LogP contribution is -2.36. The molecule has 2 N–H and O–H groups in total. The fraction of sp³-hybridized carbons (Fsp3) is 0.333. The molecule has 1 aliphatic rings. The zero-order valence-electron chi connectivity index (χ0n) is 20.4. The molecule has 0 spiro atoms. The van der Waals surface area contributed by atoms with Crippen LogP contribution in [0.5, 0.6) is 5.88 Å². The predicted octanol–water partition coefficient (Wildman–Crippen LogP) is 2.53. The van der Waals surface area contributed by atoms with E-state index in [9.17, 15) is 4.79 Å². The van der Waals surface area contributed by atoms with Crippen LogP contribution in [0.4, 0.5) is 11.8 Å². The van der Waals surface area contributed by atoms with Gasteiger partial charge in [0.05, 0.1) is 42.1 Å². The van der Waals surface area contributed by atoms with Crippen molar-refractivity contribution >= 4 is 39.2 Å². The van der Waals surface area contributed by atoms with Gasteiger partial charge in [-0.15, -0.1) is 11.3 Å². The summed E-state index contributed by atoms with van der Waals surface area (Å²) in [6.45, 7) is 5.81. The Bertz CT molecular complexity index is 1370. The third-order valence-corrected chi connectivity index (χ3v) is 6.84. The average molecular weight is 523 g/mol. The number of nitrogens with one attached hydrogen (secondary N) is 1. The molecule has 1 aliphatic heterocycles. The number of amides is 1. The van der Waals surface area contributed by atoms with E-state index in [-0.39, 0.29) is 5.56 Å². The number of anilines is 2. The molecule has 1 fully saturated rings. The summed E-state index contributed by atoms with van der Waals surface area (Å²) in [7, 11) is 1.87. The van der Waals surface area contributed by atoms with Gasteiger partial charge in [0.1, 0.15) is 0 Å². The number of thiophene rings is 1. The fourth-order valence-corrected chi connectivity index (χ4v) is 5.08. The third-order valence-electron chi connectivity index (χ3n) is 5.74. The highest BCUT2D eigenvalue weighted by Crippen LogP contribution is 2.35. The van der Waals surface area contributed by atoms with Crippen LogP contribution in [0.1, 0.15) is 22.2 Å². The van der Waals surface area contributed by atoms with E-state index in [1.807, 2.05) is 31.0 Å². The van der Waals surface area contributed by atoms with Crippen LogP contribution >= 0.6 is 11.3 Å². The lowest BCUT2D eigenvalue weighted by molar-refractivity contribution is 0.0705. The zero-order chi connectivity index (χ0) is 25.8. The zero-order valence-corrected chi connectivity index (χ0v) is 21.2. The van der Waals surface area contributed by atoms with Crippen molar-refractivity contribution in [2.75, 3.05) is 49.8 Å². The Balaban J connectivity index is 1.46. The molecule has 192 valence electrons. The number of aromatic nitrogens is 5. The largest absolute Gasteiger partial charge is 0.478 e. The van der Waals surface area contributed by atoms with E-state index in [4.69, 9.17) is 24.6 Å². The fourth-order valence-electron chi connectivity index (χ4n) is 3.91. The van der Waals surface area contributed by atoms with E-state index in [1.165, 1.54) is 12.4 Å². The first kappa shape index (κ1) is 24.7. The van der Waals surface area contributed by atoms with Crippen LogP contribution in [0.25, 0.3) is 21.6 Å². The second-order valence-corrected chi connectivity index (χ2v) is 9.42. The molecule has 0 bridgehead atoms. The summed E-state index contributed by atoms with van der Waals surface area (Å²) in [6.07, 6.45) is 4.47. The normalized spacial score (nSPS) is 13.5. The molecular formula is C24H26N8O4S. The van der Waals surface area contributed by atoms with Crippen molar-refractivity contribution in [3.05, 3.63) is 47.2 Å². The summed E-state index contributed by atoms with van der Waals surface area (Å²) in [6, 6.07) is 5.80. The number of hydrogen-bond acceptors (Lipinski definition) is 12. The number of pyridine rings is 1. The van der Waals surface area contributed by atoms with E-state index >= 15 is 0 Å². The van der Waals surface area contributed by atoms with E-state index in [2.05, 4.69) is 25.9 Å². The Morgan fingerprint density at radius 3 is 2.65 bits per heavy atom. The van der Waals surface area contributed by atoms with Gasteiger partial charge in [0.25, 0.3) is 5.91 Å². The van der Waals surface area contributed by atoms with Crippen LogP contribution in [0, 0.1) is 0 Å². The van der Waals surface area contributed by atoms with Crippen molar-refractivity contribution in [1.29, 1.82) is 0 Å². The Morgan fingerprint density at radius 2 is 1.97 bits per heavy atom. The molecule has 1 saturated heterocycles. The highest BCUT2D eigenvalue weighted by Gasteiger charge is 2.21. The van der Waals surface area contributed by atoms with E-state index < -0.39 is 5.91 Å². The van der Waals surface area contributed by atoms with E-state index in [0.717, 1.165) is 39.6 Å². The molecule has 0 aliphatic carbocycles. The second kappa shape index (κ2) is 11.0. The maximum Gasteiger partial charge on any atom is 0.277 e. The van der Waals surface area contributed by atoms with Crippen LogP contribution < -0.4 is 20.0 Å². The third kappa shape index (κ3) is 5.43. The smallest absolute Gasteiger partial charge is 0.277 e. The lowest BCUT2D eigenvalue weighted by atomic mass is 10.2. The number of rotatable bonds is 8. The Hall–Kier alpha value is -3.94. The topological polar surface area (TPSA) is 139 Å². The van der Waals surface area contributed by atoms with Crippen molar-refractivity contribution in [3.8, 4) is 17.3 Å². The number of fused-ring (bicyclic) bond motifs is 1. The molecule has 5 heterocycles. The maximum atomic E-state index is 11.5. The molecule has 13 heteroatoms.